The maximum Gasteiger partial charge on any atom is 0.313 e. The molecule has 0 N–H and O–H groups in total. The third-order valence-corrected chi connectivity index (χ3v) is 6.46. The van der Waals surface area contributed by atoms with Gasteiger partial charge in [0, 0.05) is 0 Å². The van der Waals surface area contributed by atoms with Crippen molar-refractivity contribution in [3.05, 3.63) is 42.5 Å². The van der Waals surface area contributed by atoms with E-state index in [4.69, 9.17) is 14.2 Å². The molecule has 6 nitrogen and oxygen atoms in total. The lowest BCUT2D eigenvalue weighted by Crippen LogP contribution is -2.49. The Kier molecular flexibility index (Phi) is 4.27. The molecule has 24 heavy (non-hydrogen) atoms. The Hall–Kier alpha value is -1.70. The van der Waals surface area contributed by atoms with Crippen LogP contribution in [0, 0.1) is 5.92 Å². The minimum atomic E-state index is -3.83. The molecule has 7 heteroatoms. The summed E-state index contributed by atoms with van der Waals surface area (Å²) in [5.41, 5.74) is 0. The Morgan fingerprint density at radius 2 is 1.79 bits per heavy atom. The summed E-state index contributed by atoms with van der Waals surface area (Å²) in [6.07, 6.45) is 1.92. The van der Waals surface area contributed by atoms with Crippen molar-refractivity contribution in [3.63, 3.8) is 0 Å². The summed E-state index contributed by atoms with van der Waals surface area (Å²) in [6, 6.07) is 8.05. The molecule has 2 aliphatic rings. The molecule has 0 saturated carbocycles. The summed E-state index contributed by atoms with van der Waals surface area (Å²) >= 11 is 0. The number of ether oxygens (including phenoxy) is 3. The molecule has 1 fully saturated rings. The van der Waals surface area contributed by atoms with E-state index in [9.17, 15) is 13.2 Å². The summed E-state index contributed by atoms with van der Waals surface area (Å²) in [4.78, 5) is 12.3. The van der Waals surface area contributed by atoms with Gasteiger partial charge < -0.3 is 14.2 Å². The molecule has 1 aromatic rings. The van der Waals surface area contributed by atoms with Gasteiger partial charge in [-0.15, -0.1) is 0 Å². The first-order valence-electron chi connectivity index (χ1n) is 7.67. The predicted molar refractivity (Wildman–Crippen MR) is 85.9 cm³/mol. The van der Waals surface area contributed by atoms with Gasteiger partial charge in [-0.3, -0.25) is 4.79 Å². The van der Waals surface area contributed by atoms with E-state index < -0.39 is 45.0 Å². The fraction of sp³-hybridized carbons (Fsp3) is 0.471. The number of esters is 1. The van der Waals surface area contributed by atoms with Crippen molar-refractivity contribution in [1.29, 1.82) is 0 Å². The zero-order valence-corrected chi connectivity index (χ0v) is 14.5. The number of carbonyl (C=O) groups excluding carboxylic acids is 1. The highest BCUT2D eigenvalue weighted by molar-refractivity contribution is 7.92. The van der Waals surface area contributed by atoms with Crippen molar-refractivity contribution < 1.29 is 27.4 Å². The lowest BCUT2D eigenvalue weighted by atomic mass is 9.91. The molecule has 0 amide bonds. The van der Waals surface area contributed by atoms with Gasteiger partial charge in [-0.1, -0.05) is 30.4 Å². The number of hydrogen-bond acceptors (Lipinski definition) is 6. The molecule has 0 unspecified atom stereocenters. The van der Waals surface area contributed by atoms with E-state index in [1.165, 1.54) is 19.2 Å². The molecule has 1 aliphatic carbocycles. The number of fused-ring (bicyclic) bond motifs is 1. The topological polar surface area (TPSA) is 78.9 Å². The largest absolute Gasteiger partial charge is 0.469 e. The molecule has 0 bridgehead atoms. The quantitative estimate of drug-likeness (QED) is 0.609. The van der Waals surface area contributed by atoms with Crippen molar-refractivity contribution in [3.8, 4) is 0 Å². The molecule has 0 aromatic heterocycles. The molecule has 1 aromatic carbocycles. The Morgan fingerprint density at radius 3 is 2.42 bits per heavy atom. The third-order valence-electron chi connectivity index (χ3n) is 4.25. The van der Waals surface area contributed by atoms with Gasteiger partial charge in [0.1, 0.15) is 17.5 Å². The van der Waals surface area contributed by atoms with E-state index in [1.807, 2.05) is 0 Å². The molecule has 1 saturated heterocycles. The molecular weight excluding hydrogens is 332 g/mol. The van der Waals surface area contributed by atoms with Gasteiger partial charge in [0.25, 0.3) is 0 Å². The second kappa shape index (κ2) is 5.98. The SMILES string of the molecule is COC(=O)[C@H]1C=C[C@@H]2OC(C)(C)O[C@@H]2[C@H]1S(=O)(=O)c1ccccc1. The number of hydrogen-bond donors (Lipinski definition) is 0. The van der Waals surface area contributed by atoms with Crippen LogP contribution in [0.3, 0.4) is 0 Å². The third kappa shape index (κ3) is 2.87. The Labute approximate surface area is 141 Å². The van der Waals surface area contributed by atoms with Crippen LogP contribution in [0.5, 0.6) is 0 Å². The van der Waals surface area contributed by atoms with Crippen LogP contribution in [0.25, 0.3) is 0 Å². The van der Waals surface area contributed by atoms with Crippen molar-refractivity contribution in [1.82, 2.24) is 0 Å². The number of methoxy groups -OCH3 is 1. The Balaban J connectivity index is 2.09. The fourth-order valence-corrected chi connectivity index (χ4v) is 5.25. The van der Waals surface area contributed by atoms with Crippen LogP contribution in [0.1, 0.15) is 13.8 Å². The van der Waals surface area contributed by atoms with Gasteiger partial charge in [-0.25, -0.2) is 8.42 Å². The van der Waals surface area contributed by atoms with Crippen molar-refractivity contribution >= 4 is 15.8 Å². The normalized spacial score (nSPS) is 31.5. The predicted octanol–water partition coefficient (Wildman–Crippen LogP) is 1.71. The first kappa shape index (κ1) is 17.1. The van der Waals surface area contributed by atoms with Crippen LogP contribution >= 0.6 is 0 Å². The van der Waals surface area contributed by atoms with Gasteiger partial charge >= 0.3 is 5.97 Å². The maximum absolute atomic E-state index is 13.2. The number of carbonyl (C=O) groups is 1. The molecule has 130 valence electrons. The van der Waals surface area contributed by atoms with E-state index in [0.29, 0.717) is 0 Å². The minimum Gasteiger partial charge on any atom is -0.469 e. The van der Waals surface area contributed by atoms with Crippen LogP contribution in [0.15, 0.2) is 47.4 Å². The average molecular weight is 352 g/mol. The highest BCUT2D eigenvalue weighted by atomic mass is 32.2. The summed E-state index contributed by atoms with van der Waals surface area (Å²) in [6.45, 7) is 3.44. The van der Waals surface area contributed by atoms with E-state index in [2.05, 4.69) is 0 Å². The number of sulfone groups is 1. The Bertz CT molecular complexity index is 753. The van der Waals surface area contributed by atoms with Crippen molar-refractivity contribution in [2.45, 2.75) is 42.0 Å². The molecule has 1 heterocycles. The zero-order valence-electron chi connectivity index (χ0n) is 13.7. The molecule has 0 radical (unpaired) electrons. The van der Waals surface area contributed by atoms with E-state index in [-0.39, 0.29) is 4.90 Å². The van der Waals surface area contributed by atoms with Gasteiger partial charge in [-0.05, 0) is 26.0 Å². The number of benzene rings is 1. The van der Waals surface area contributed by atoms with Gasteiger partial charge in [-0.2, -0.15) is 0 Å². The Morgan fingerprint density at radius 1 is 1.12 bits per heavy atom. The smallest absolute Gasteiger partial charge is 0.313 e. The number of rotatable bonds is 3. The lowest BCUT2D eigenvalue weighted by molar-refractivity contribution is -0.150. The summed E-state index contributed by atoms with van der Waals surface area (Å²) < 4.78 is 42.8. The highest BCUT2D eigenvalue weighted by Crippen LogP contribution is 2.40. The van der Waals surface area contributed by atoms with Crippen molar-refractivity contribution in [2.24, 2.45) is 5.92 Å². The van der Waals surface area contributed by atoms with Gasteiger partial charge in [0.15, 0.2) is 15.6 Å². The molecule has 0 spiro atoms. The average Bonchev–Trinajstić information content (AvgIpc) is 2.87. The minimum absolute atomic E-state index is 0.145. The van der Waals surface area contributed by atoms with E-state index >= 15 is 0 Å². The summed E-state index contributed by atoms with van der Waals surface area (Å²) in [5.74, 6) is -2.48. The molecule has 3 rings (SSSR count). The van der Waals surface area contributed by atoms with E-state index in [0.717, 1.165) is 0 Å². The van der Waals surface area contributed by atoms with Crippen LogP contribution < -0.4 is 0 Å². The van der Waals surface area contributed by atoms with Gasteiger partial charge in [0.05, 0.1) is 17.9 Å². The monoisotopic (exact) mass is 352 g/mol. The van der Waals surface area contributed by atoms with Crippen LogP contribution in [0.2, 0.25) is 0 Å². The molecular formula is C17H20O6S. The maximum atomic E-state index is 13.2. The van der Waals surface area contributed by atoms with Crippen LogP contribution in [-0.2, 0) is 28.8 Å². The van der Waals surface area contributed by atoms with Crippen LogP contribution in [-0.4, -0.2) is 44.7 Å². The summed E-state index contributed by atoms with van der Waals surface area (Å²) in [5, 5.41) is -1.11. The molecule has 4 atom stereocenters. The van der Waals surface area contributed by atoms with E-state index in [1.54, 1.807) is 44.2 Å². The van der Waals surface area contributed by atoms with Crippen LogP contribution in [0.4, 0.5) is 0 Å². The fourth-order valence-electron chi connectivity index (χ4n) is 3.25. The zero-order chi connectivity index (χ0) is 17.5. The second-order valence-corrected chi connectivity index (χ2v) is 8.43. The highest BCUT2D eigenvalue weighted by Gasteiger charge is 2.55. The van der Waals surface area contributed by atoms with Gasteiger partial charge in [0.2, 0.25) is 0 Å². The lowest BCUT2D eigenvalue weighted by Gasteiger charge is -2.32. The second-order valence-electron chi connectivity index (χ2n) is 6.32. The first-order valence-corrected chi connectivity index (χ1v) is 9.21. The molecule has 1 aliphatic heterocycles. The summed E-state index contributed by atoms with van der Waals surface area (Å²) in [7, 11) is -2.59. The standard InChI is InChI=1S/C17H20O6S/c1-17(2)22-13-10-9-12(16(18)21-3)15(14(13)23-17)24(19,20)11-7-5-4-6-8-11/h4-10,12-15H,1-3H3/t12-,13-,14-,15-/m0/s1. The van der Waals surface area contributed by atoms with Crippen molar-refractivity contribution in [2.75, 3.05) is 7.11 Å². The first-order chi connectivity index (χ1) is 11.3.